The molecule has 0 radical (unpaired) electrons. The highest BCUT2D eigenvalue weighted by molar-refractivity contribution is 6.01. The normalized spacial score (nSPS) is 16.4. The van der Waals surface area contributed by atoms with E-state index in [1.54, 1.807) is 42.6 Å². The van der Waals surface area contributed by atoms with Gasteiger partial charge in [-0.25, -0.2) is 4.98 Å². The van der Waals surface area contributed by atoms with E-state index in [0.717, 1.165) is 24.2 Å². The Morgan fingerprint density at radius 2 is 2.03 bits per heavy atom. The molecule has 1 aliphatic heterocycles. The number of nitrogens with zero attached hydrogens (tertiary/aromatic N) is 2. The molecule has 148 valence electrons. The number of carbonyl (C=O) groups is 2. The number of aromatic nitrogens is 2. The fourth-order valence-corrected chi connectivity index (χ4v) is 3.85. The SMILES string of the molecule is COc1ccccc1C(=O)[C@@H]1CCCN(C(=O)c2cccc(-c3ncc[nH]3)c2)C1. The van der Waals surface area contributed by atoms with E-state index in [9.17, 15) is 9.59 Å². The maximum atomic E-state index is 13.1. The van der Waals surface area contributed by atoms with Crippen molar-refractivity contribution in [2.24, 2.45) is 5.92 Å². The zero-order valence-corrected chi connectivity index (χ0v) is 16.3. The van der Waals surface area contributed by atoms with Gasteiger partial charge < -0.3 is 14.6 Å². The minimum Gasteiger partial charge on any atom is -0.496 e. The number of hydrogen-bond donors (Lipinski definition) is 1. The number of Topliss-reactive ketones (excluding diaryl/α,β-unsaturated/α-hetero) is 1. The molecule has 2 aromatic carbocycles. The summed E-state index contributed by atoms with van der Waals surface area (Å²) in [5.74, 6) is 1.05. The number of carbonyl (C=O) groups excluding carboxylic acids is 2. The number of likely N-dealkylation sites (tertiary alicyclic amines) is 1. The standard InChI is InChI=1S/C23H23N3O3/c1-29-20-10-3-2-9-19(20)21(27)18-8-5-13-26(15-18)23(28)17-7-4-6-16(14-17)22-24-11-12-25-22/h2-4,6-7,9-12,14,18H,5,8,13,15H2,1H3,(H,24,25)/t18-/m1/s1. The molecular weight excluding hydrogens is 366 g/mol. The van der Waals surface area contributed by atoms with Crippen LogP contribution >= 0.6 is 0 Å². The molecule has 6 heteroatoms. The number of imidazole rings is 1. The third-order valence-electron chi connectivity index (χ3n) is 5.33. The van der Waals surface area contributed by atoms with Gasteiger partial charge in [0.05, 0.1) is 12.7 Å². The summed E-state index contributed by atoms with van der Waals surface area (Å²) in [4.78, 5) is 35.3. The van der Waals surface area contributed by atoms with Crippen LogP contribution in [0.15, 0.2) is 60.9 Å². The van der Waals surface area contributed by atoms with Crippen LogP contribution in [0.4, 0.5) is 0 Å². The second-order valence-electron chi connectivity index (χ2n) is 7.17. The Bertz CT molecular complexity index is 1010. The van der Waals surface area contributed by atoms with Crippen LogP contribution in [0.3, 0.4) is 0 Å². The predicted molar refractivity (Wildman–Crippen MR) is 110 cm³/mol. The number of rotatable bonds is 5. The highest BCUT2D eigenvalue weighted by atomic mass is 16.5. The number of ketones is 1. The highest BCUT2D eigenvalue weighted by Crippen LogP contribution is 2.27. The highest BCUT2D eigenvalue weighted by Gasteiger charge is 2.30. The zero-order valence-electron chi connectivity index (χ0n) is 16.3. The first-order valence-electron chi connectivity index (χ1n) is 9.73. The van der Waals surface area contributed by atoms with Crippen LogP contribution in [0.5, 0.6) is 5.75 Å². The van der Waals surface area contributed by atoms with Gasteiger partial charge >= 0.3 is 0 Å². The maximum absolute atomic E-state index is 13.1. The minimum absolute atomic E-state index is 0.0317. The molecule has 1 aliphatic rings. The van der Waals surface area contributed by atoms with Crippen molar-refractivity contribution < 1.29 is 14.3 Å². The topological polar surface area (TPSA) is 75.3 Å². The Morgan fingerprint density at radius 3 is 2.83 bits per heavy atom. The van der Waals surface area contributed by atoms with Gasteiger partial charge in [0.1, 0.15) is 11.6 Å². The maximum Gasteiger partial charge on any atom is 0.253 e. The van der Waals surface area contributed by atoms with E-state index in [4.69, 9.17) is 4.74 Å². The summed E-state index contributed by atoms with van der Waals surface area (Å²) in [6, 6.07) is 14.7. The Kier molecular flexibility index (Phi) is 5.42. The smallest absolute Gasteiger partial charge is 0.253 e. The second-order valence-corrected chi connectivity index (χ2v) is 7.17. The largest absolute Gasteiger partial charge is 0.496 e. The average molecular weight is 389 g/mol. The number of ether oxygens (including phenoxy) is 1. The van der Waals surface area contributed by atoms with Gasteiger partial charge in [-0.2, -0.15) is 0 Å². The molecule has 1 N–H and O–H groups in total. The number of para-hydroxylation sites is 1. The number of benzene rings is 2. The number of hydrogen-bond acceptors (Lipinski definition) is 4. The third kappa shape index (κ3) is 3.92. The fourth-order valence-electron chi connectivity index (χ4n) is 3.85. The molecule has 1 saturated heterocycles. The van der Waals surface area contributed by atoms with E-state index in [1.807, 2.05) is 30.3 Å². The fraction of sp³-hybridized carbons (Fsp3) is 0.261. The van der Waals surface area contributed by atoms with E-state index in [2.05, 4.69) is 9.97 Å². The molecule has 3 aromatic rings. The number of nitrogens with one attached hydrogen (secondary N) is 1. The van der Waals surface area contributed by atoms with Gasteiger partial charge in [-0.15, -0.1) is 0 Å². The molecule has 1 aromatic heterocycles. The van der Waals surface area contributed by atoms with Gasteiger partial charge in [-0.05, 0) is 37.1 Å². The van der Waals surface area contributed by atoms with Gasteiger partial charge in [-0.1, -0.05) is 24.3 Å². The first kappa shape index (κ1) is 18.9. The van der Waals surface area contributed by atoms with E-state index < -0.39 is 0 Å². The monoisotopic (exact) mass is 389 g/mol. The summed E-state index contributed by atoms with van der Waals surface area (Å²) in [6.07, 6.45) is 5.01. The van der Waals surface area contributed by atoms with Crippen molar-refractivity contribution in [3.63, 3.8) is 0 Å². The number of amides is 1. The van der Waals surface area contributed by atoms with Crippen LogP contribution in [0.2, 0.25) is 0 Å². The molecule has 6 nitrogen and oxygen atoms in total. The number of aromatic amines is 1. The number of methoxy groups -OCH3 is 1. The summed E-state index contributed by atoms with van der Waals surface area (Å²) in [7, 11) is 1.56. The molecule has 1 atom stereocenters. The quantitative estimate of drug-likeness (QED) is 0.673. The summed E-state index contributed by atoms with van der Waals surface area (Å²) < 4.78 is 5.34. The van der Waals surface area contributed by atoms with Crippen LogP contribution in [-0.4, -0.2) is 46.8 Å². The van der Waals surface area contributed by atoms with Crippen LogP contribution in [0, 0.1) is 5.92 Å². The van der Waals surface area contributed by atoms with Gasteiger partial charge in [0.15, 0.2) is 5.78 Å². The molecule has 0 bridgehead atoms. The van der Waals surface area contributed by atoms with E-state index in [1.165, 1.54) is 0 Å². The summed E-state index contributed by atoms with van der Waals surface area (Å²) in [5.41, 5.74) is 2.04. The average Bonchev–Trinajstić information content (AvgIpc) is 3.33. The molecule has 0 spiro atoms. The van der Waals surface area contributed by atoms with E-state index in [-0.39, 0.29) is 17.6 Å². The van der Waals surface area contributed by atoms with Gasteiger partial charge in [0.25, 0.3) is 5.91 Å². The van der Waals surface area contributed by atoms with Gasteiger partial charge in [0.2, 0.25) is 0 Å². The predicted octanol–water partition coefficient (Wildman–Crippen LogP) is 3.82. The number of H-pyrrole nitrogens is 1. The first-order valence-corrected chi connectivity index (χ1v) is 9.73. The van der Waals surface area contributed by atoms with Crippen molar-refractivity contribution >= 4 is 11.7 Å². The lowest BCUT2D eigenvalue weighted by molar-refractivity contribution is 0.0636. The van der Waals surface area contributed by atoms with Crippen LogP contribution in [-0.2, 0) is 0 Å². The Balaban J connectivity index is 1.52. The lowest BCUT2D eigenvalue weighted by Gasteiger charge is -2.32. The molecule has 4 rings (SSSR count). The van der Waals surface area contributed by atoms with Crippen molar-refractivity contribution in [1.29, 1.82) is 0 Å². The molecule has 2 heterocycles. The molecule has 29 heavy (non-hydrogen) atoms. The van der Waals surface area contributed by atoms with Crippen molar-refractivity contribution in [2.45, 2.75) is 12.8 Å². The van der Waals surface area contributed by atoms with E-state index >= 15 is 0 Å². The molecule has 0 unspecified atom stereocenters. The van der Waals surface area contributed by atoms with E-state index in [0.29, 0.717) is 30.0 Å². The summed E-state index contributed by atoms with van der Waals surface area (Å²) >= 11 is 0. The van der Waals surface area contributed by atoms with Crippen molar-refractivity contribution in [2.75, 3.05) is 20.2 Å². The van der Waals surface area contributed by atoms with Crippen molar-refractivity contribution in [3.05, 3.63) is 72.1 Å². The van der Waals surface area contributed by atoms with Gasteiger partial charge in [0, 0.05) is 42.5 Å². The zero-order chi connectivity index (χ0) is 20.2. The summed E-state index contributed by atoms with van der Waals surface area (Å²) in [5, 5.41) is 0. The second kappa shape index (κ2) is 8.31. The number of piperidine rings is 1. The minimum atomic E-state index is -0.225. The summed E-state index contributed by atoms with van der Waals surface area (Å²) in [6.45, 7) is 1.07. The molecule has 0 saturated carbocycles. The lowest BCUT2D eigenvalue weighted by Crippen LogP contribution is -2.42. The van der Waals surface area contributed by atoms with Crippen molar-refractivity contribution in [1.82, 2.24) is 14.9 Å². The molecule has 0 aliphatic carbocycles. The van der Waals surface area contributed by atoms with Crippen LogP contribution in [0.1, 0.15) is 33.6 Å². The third-order valence-corrected chi connectivity index (χ3v) is 5.33. The van der Waals surface area contributed by atoms with Crippen LogP contribution < -0.4 is 4.74 Å². The Labute approximate surface area is 169 Å². The lowest BCUT2D eigenvalue weighted by atomic mass is 9.89. The molecular formula is C23H23N3O3. The first-order chi connectivity index (χ1) is 14.2. The Morgan fingerprint density at radius 1 is 1.17 bits per heavy atom. The van der Waals surface area contributed by atoms with Crippen molar-refractivity contribution in [3.8, 4) is 17.1 Å². The molecule has 1 fully saturated rings. The van der Waals surface area contributed by atoms with Gasteiger partial charge in [-0.3, -0.25) is 9.59 Å². The van der Waals surface area contributed by atoms with Crippen LogP contribution in [0.25, 0.3) is 11.4 Å². The Hall–Kier alpha value is -3.41. The molecule has 1 amide bonds.